The average molecular weight is 262 g/mol. The number of halogens is 1. The van der Waals surface area contributed by atoms with Gasteiger partial charge in [0.2, 0.25) is 0 Å². The first kappa shape index (κ1) is 9.65. The largest absolute Gasteiger partial charge is 0.379 e. The average Bonchev–Trinajstić information content (AvgIpc) is 2.62. The van der Waals surface area contributed by atoms with E-state index in [1.54, 1.807) is 11.3 Å². The maximum Gasteiger partial charge on any atom is 0.0701 e. The van der Waals surface area contributed by atoms with Crippen LogP contribution in [0, 0.1) is 0 Å². The molecular formula is C9H12BrNOS. The third-order valence-corrected chi connectivity index (χ3v) is 3.91. The molecule has 4 heteroatoms. The smallest absolute Gasteiger partial charge is 0.0701 e. The predicted molar refractivity (Wildman–Crippen MR) is 58.1 cm³/mol. The zero-order valence-electron chi connectivity index (χ0n) is 7.25. The minimum atomic E-state index is -0.121. The molecule has 1 aliphatic heterocycles. The summed E-state index contributed by atoms with van der Waals surface area (Å²) < 4.78 is 6.48. The highest BCUT2D eigenvalue weighted by Gasteiger charge is 2.30. The van der Waals surface area contributed by atoms with Gasteiger partial charge in [-0.2, -0.15) is 0 Å². The number of nitrogens with two attached hydrogens (primary N) is 1. The maximum atomic E-state index is 6.17. The Kier molecular flexibility index (Phi) is 2.74. The van der Waals surface area contributed by atoms with Gasteiger partial charge in [0.1, 0.15) is 0 Å². The van der Waals surface area contributed by atoms with Crippen LogP contribution in [-0.2, 0) is 11.2 Å². The molecule has 1 aromatic heterocycles. The standard InChI is InChI=1S/C9H12BrNOS/c10-8-2-1-7(13-8)5-9(11)3-4-12-6-9/h1-2H,3-6,11H2. The van der Waals surface area contributed by atoms with Gasteiger partial charge in [-0.1, -0.05) is 0 Å². The van der Waals surface area contributed by atoms with Gasteiger partial charge in [0.05, 0.1) is 10.4 Å². The van der Waals surface area contributed by atoms with E-state index in [2.05, 4.69) is 28.1 Å². The van der Waals surface area contributed by atoms with Crippen LogP contribution in [0.5, 0.6) is 0 Å². The van der Waals surface area contributed by atoms with Crippen molar-refractivity contribution < 1.29 is 4.74 Å². The molecule has 72 valence electrons. The van der Waals surface area contributed by atoms with Gasteiger partial charge >= 0.3 is 0 Å². The Labute approximate surface area is 90.2 Å². The lowest BCUT2D eigenvalue weighted by atomic mass is 9.95. The Morgan fingerprint density at radius 3 is 3.00 bits per heavy atom. The molecule has 2 N–H and O–H groups in total. The number of thiophene rings is 1. The third-order valence-electron chi connectivity index (χ3n) is 2.29. The van der Waals surface area contributed by atoms with Crippen LogP contribution >= 0.6 is 27.3 Å². The molecule has 0 bridgehead atoms. The van der Waals surface area contributed by atoms with Crippen molar-refractivity contribution in [3.05, 3.63) is 20.8 Å². The summed E-state index contributed by atoms with van der Waals surface area (Å²) in [6.45, 7) is 1.51. The van der Waals surface area contributed by atoms with E-state index < -0.39 is 0 Å². The normalized spacial score (nSPS) is 28.2. The van der Waals surface area contributed by atoms with Crippen molar-refractivity contribution in [3.8, 4) is 0 Å². The van der Waals surface area contributed by atoms with Gasteiger partial charge in [0.25, 0.3) is 0 Å². The van der Waals surface area contributed by atoms with Crippen LogP contribution in [-0.4, -0.2) is 18.8 Å². The van der Waals surface area contributed by atoms with Crippen molar-refractivity contribution in [3.63, 3.8) is 0 Å². The summed E-state index contributed by atoms with van der Waals surface area (Å²) in [5.41, 5.74) is 6.05. The monoisotopic (exact) mass is 261 g/mol. The molecule has 0 radical (unpaired) electrons. The SMILES string of the molecule is NC1(Cc2ccc(Br)s2)CCOC1. The molecule has 1 saturated heterocycles. The van der Waals surface area contributed by atoms with E-state index in [9.17, 15) is 0 Å². The molecule has 0 amide bonds. The van der Waals surface area contributed by atoms with Crippen LogP contribution in [0.3, 0.4) is 0 Å². The molecule has 1 fully saturated rings. The van der Waals surface area contributed by atoms with Crippen molar-refractivity contribution in [1.82, 2.24) is 0 Å². The Morgan fingerprint density at radius 2 is 2.46 bits per heavy atom. The van der Waals surface area contributed by atoms with Crippen LogP contribution < -0.4 is 5.73 Å². The molecule has 2 nitrogen and oxygen atoms in total. The molecule has 0 saturated carbocycles. The zero-order chi connectivity index (χ0) is 9.31. The first-order chi connectivity index (χ1) is 6.18. The summed E-state index contributed by atoms with van der Waals surface area (Å²) in [5.74, 6) is 0. The van der Waals surface area contributed by atoms with E-state index in [0.29, 0.717) is 6.61 Å². The Bertz CT molecular complexity index is 294. The predicted octanol–water partition coefficient (Wildman–Crippen LogP) is 2.17. The fourth-order valence-electron chi connectivity index (χ4n) is 1.56. The van der Waals surface area contributed by atoms with E-state index in [1.807, 2.05) is 0 Å². The van der Waals surface area contributed by atoms with Gasteiger partial charge in [-0.15, -0.1) is 11.3 Å². The quantitative estimate of drug-likeness (QED) is 0.886. The van der Waals surface area contributed by atoms with Gasteiger partial charge in [0, 0.05) is 23.4 Å². The van der Waals surface area contributed by atoms with Gasteiger partial charge in [-0.25, -0.2) is 0 Å². The Morgan fingerprint density at radius 1 is 1.62 bits per heavy atom. The maximum absolute atomic E-state index is 6.17. The summed E-state index contributed by atoms with van der Waals surface area (Å²) >= 11 is 5.20. The van der Waals surface area contributed by atoms with E-state index in [-0.39, 0.29) is 5.54 Å². The lowest BCUT2D eigenvalue weighted by Gasteiger charge is -2.20. The summed E-state index contributed by atoms with van der Waals surface area (Å²) in [7, 11) is 0. The van der Waals surface area contributed by atoms with Crippen molar-refractivity contribution in [2.75, 3.05) is 13.2 Å². The second-order valence-corrected chi connectivity index (χ2v) is 6.10. The fourth-order valence-corrected chi connectivity index (χ4v) is 3.19. The Balaban J connectivity index is 2.04. The molecule has 0 aliphatic carbocycles. The fraction of sp³-hybridized carbons (Fsp3) is 0.556. The number of hydrogen-bond acceptors (Lipinski definition) is 3. The van der Waals surface area contributed by atoms with E-state index >= 15 is 0 Å². The van der Waals surface area contributed by atoms with Crippen molar-refractivity contribution in [2.45, 2.75) is 18.4 Å². The van der Waals surface area contributed by atoms with Crippen LogP contribution in [0.4, 0.5) is 0 Å². The molecule has 2 rings (SSSR count). The van der Waals surface area contributed by atoms with Gasteiger partial charge in [-0.3, -0.25) is 0 Å². The molecule has 2 heterocycles. The van der Waals surface area contributed by atoms with Gasteiger partial charge in [-0.05, 0) is 34.5 Å². The minimum Gasteiger partial charge on any atom is -0.379 e. The van der Waals surface area contributed by atoms with E-state index in [4.69, 9.17) is 10.5 Å². The number of hydrogen-bond donors (Lipinski definition) is 1. The summed E-state index contributed by atoms with van der Waals surface area (Å²) in [6.07, 6.45) is 1.91. The molecule has 1 atom stereocenters. The lowest BCUT2D eigenvalue weighted by Crippen LogP contribution is -2.42. The summed E-state index contributed by atoms with van der Waals surface area (Å²) in [6, 6.07) is 4.20. The highest BCUT2D eigenvalue weighted by Crippen LogP contribution is 2.27. The molecular weight excluding hydrogens is 250 g/mol. The van der Waals surface area contributed by atoms with E-state index in [0.717, 1.165) is 19.4 Å². The molecule has 1 unspecified atom stereocenters. The van der Waals surface area contributed by atoms with Crippen LogP contribution in [0.1, 0.15) is 11.3 Å². The lowest BCUT2D eigenvalue weighted by molar-refractivity contribution is 0.178. The summed E-state index contributed by atoms with van der Waals surface area (Å²) in [5, 5.41) is 0. The summed E-state index contributed by atoms with van der Waals surface area (Å²) in [4.78, 5) is 1.33. The number of ether oxygens (including phenoxy) is 1. The first-order valence-corrected chi connectivity index (χ1v) is 5.90. The van der Waals surface area contributed by atoms with Gasteiger partial charge < -0.3 is 10.5 Å². The van der Waals surface area contributed by atoms with Crippen LogP contribution in [0.15, 0.2) is 15.9 Å². The third kappa shape index (κ3) is 2.31. The molecule has 13 heavy (non-hydrogen) atoms. The van der Waals surface area contributed by atoms with E-state index in [1.165, 1.54) is 8.66 Å². The van der Waals surface area contributed by atoms with Gasteiger partial charge in [0.15, 0.2) is 0 Å². The van der Waals surface area contributed by atoms with Crippen molar-refractivity contribution >= 4 is 27.3 Å². The number of rotatable bonds is 2. The first-order valence-electron chi connectivity index (χ1n) is 4.29. The molecule has 0 aromatic carbocycles. The second kappa shape index (κ2) is 3.69. The minimum absolute atomic E-state index is 0.121. The topological polar surface area (TPSA) is 35.2 Å². The second-order valence-electron chi connectivity index (χ2n) is 3.55. The molecule has 1 aromatic rings. The molecule has 0 spiro atoms. The van der Waals surface area contributed by atoms with Crippen molar-refractivity contribution in [2.24, 2.45) is 5.73 Å². The van der Waals surface area contributed by atoms with Crippen molar-refractivity contribution in [1.29, 1.82) is 0 Å². The highest BCUT2D eigenvalue weighted by atomic mass is 79.9. The van der Waals surface area contributed by atoms with Crippen LogP contribution in [0.2, 0.25) is 0 Å². The Hall–Kier alpha value is 0.1000. The highest BCUT2D eigenvalue weighted by molar-refractivity contribution is 9.11. The molecule has 1 aliphatic rings. The van der Waals surface area contributed by atoms with Crippen LogP contribution in [0.25, 0.3) is 0 Å². The zero-order valence-corrected chi connectivity index (χ0v) is 9.66.